The maximum absolute atomic E-state index is 6.17. The van der Waals surface area contributed by atoms with Gasteiger partial charge in [0.25, 0.3) is 0 Å². The van der Waals surface area contributed by atoms with Crippen LogP contribution in [0.15, 0.2) is 47.6 Å². The van der Waals surface area contributed by atoms with Gasteiger partial charge in [-0.3, -0.25) is 0 Å². The van der Waals surface area contributed by atoms with E-state index in [2.05, 4.69) is 33.0 Å². The van der Waals surface area contributed by atoms with Crippen LogP contribution < -0.4 is 10.1 Å². The van der Waals surface area contributed by atoms with E-state index in [1.165, 1.54) is 5.56 Å². The Morgan fingerprint density at radius 3 is 2.68 bits per heavy atom. The number of halogens is 2. The Morgan fingerprint density at radius 1 is 1.14 bits per heavy atom. The second-order valence-electron chi connectivity index (χ2n) is 6.13. The third-order valence-corrected chi connectivity index (χ3v) is 5.66. The van der Waals surface area contributed by atoms with Gasteiger partial charge in [0.1, 0.15) is 12.4 Å². The van der Waals surface area contributed by atoms with E-state index in [1.54, 1.807) is 22.5 Å². The molecule has 0 unspecified atom stereocenters. The van der Waals surface area contributed by atoms with Crippen LogP contribution in [0.1, 0.15) is 17.5 Å². The predicted octanol–water partition coefficient (Wildman–Crippen LogP) is 4.37. The molecule has 0 atom stereocenters. The molecule has 0 bridgehead atoms. The number of benzene rings is 2. The lowest BCUT2D eigenvalue weighted by Crippen LogP contribution is -2.15. The molecule has 0 spiro atoms. The summed E-state index contributed by atoms with van der Waals surface area (Å²) < 4.78 is 7.48. The molecule has 0 aliphatic carbocycles. The molecule has 0 amide bonds. The van der Waals surface area contributed by atoms with Crippen molar-refractivity contribution in [2.24, 2.45) is 7.05 Å². The summed E-state index contributed by atoms with van der Waals surface area (Å²) in [5, 5.41) is 16.9. The monoisotopic (exact) mass is 437 g/mol. The van der Waals surface area contributed by atoms with Crippen molar-refractivity contribution in [2.75, 3.05) is 12.3 Å². The Morgan fingerprint density at radius 2 is 1.96 bits per heavy atom. The van der Waals surface area contributed by atoms with Crippen LogP contribution in [-0.4, -0.2) is 32.5 Å². The van der Waals surface area contributed by atoms with Crippen molar-refractivity contribution in [3.05, 3.63) is 63.6 Å². The Bertz CT molecular complexity index is 888. The van der Waals surface area contributed by atoms with E-state index < -0.39 is 0 Å². The van der Waals surface area contributed by atoms with E-state index >= 15 is 0 Å². The quantitative estimate of drug-likeness (QED) is 0.375. The van der Waals surface area contributed by atoms with Crippen molar-refractivity contribution in [1.29, 1.82) is 0 Å². The van der Waals surface area contributed by atoms with Gasteiger partial charge in [0.2, 0.25) is 5.16 Å². The molecule has 0 saturated heterocycles. The van der Waals surface area contributed by atoms with Gasteiger partial charge in [0, 0.05) is 35.0 Å². The zero-order valence-corrected chi connectivity index (χ0v) is 17.8. The first-order valence-electron chi connectivity index (χ1n) is 8.83. The number of hydrogen-bond donors (Lipinski definition) is 1. The minimum atomic E-state index is 0.409. The van der Waals surface area contributed by atoms with Crippen molar-refractivity contribution >= 4 is 35.0 Å². The molecule has 3 aromatic rings. The second-order valence-corrected chi connectivity index (χ2v) is 8.04. The number of hydrogen-bond acceptors (Lipinski definition) is 6. The molecule has 1 N–H and O–H groups in total. The Balaban J connectivity index is 1.34. The SMILES string of the molecule is Cn1nnnc1SCCCNCc1ccc(OCc2ccc(Cl)cc2Cl)cc1. The van der Waals surface area contributed by atoms with Gasteiger partial charge in [0.05, 0.1) is 0 Å². The fraction of sp³-hybridized carbons (Fsp3) is 0.316. The highest BCUT2D eigenvalue weighted by atomic mass is 35.5. The Hall–Kier alpha value is -1.80. The van der Waals surface area contributed by atoms with Crippen LogP contribution in [0.25, 0.3) is 0 Å². The lowest BCUT2D eigenvalue weighted by molar-refractivity contribution is 0.306. The van der Waals surface area contributed by atoms with E-state index in [4.69, 9.17) is 27.9 Å². The molecule has 3 rings (SSSR count). The number of ether oxygens (including phenoxy) is 1. The third-order valence-electron chi connectivity index (χ3n) is 3.97. The first kappa shape index (κ1) is 20.9. The minimum absolute atomic E-state index is 0.409. The number of aromatic nitrogens is 4. The maximum Gasteiger partial charge on any atom is 0.209 e. The highest BCUT2D eigenvalue weighted by Gasteiger charge is 2.04. The Kier molecular flexibility index (Phi) is 7.97. The zero-order chi connectivity index (χ0) is 19.8. The van der Waals surface area contributed by atoms with Crippen molar-refractivity contribution in [1.82, 2.24) is 25.5 Å². The molecular formula is C19H21Cl2N5OS. The topological polar surface area (TPSA) is 64.9 Å². The van der Waals surface area contributed by atoms with Crippen molar-refractivity contribution in [3.63, 3.8) is 0 Å². The molecule has 9 heteroatoms. The van der Waals surface area contributed by atoms with Gasteiger partial charge in [-0.05, 0) is 53.2 Å². The van der Waals surface area contributed by atoms with Crippen molar-refractivity contribution in [2.45, 2.75) is 24.7 Å². The number of tetrazole rings is 1. The molecule has 28 heavy (non-hydrogen) atoms. The average molecular weight is 438 g/mol. The number of rotatable bonds is 10. The molecule has 6 nitrogen and oxygen atoms in total. The van der Waals surface area contributed by atoms with Gasteiger partial charge in [-0.25, -0.2) is 4.68 Å². The van der Waals surface area contributed by atoms with Crippen LogP contribution in [0.2, 0.25) is 10.0 Å². The average Bonchev–Trinajstić information content (AvgIpc) is 3.10. The second kappa shape index (κ2) is 10.7. The fourth-order valence-electron chi connectivity index (χ4n) is 2.44. The van der Waals surface area contributed by atoms with Gasteiger partial charge in [-0.2, -0.15) is 0 Å². The summed E-state index contributed by atoms with van der Waals surface area (Å²) in [7, 11) is 1.85. The first-order valence-corrected chi connectivity index (χ1v) is 10.6. The molecule has 0 radical (unpaired) electrons. The fourth-order valence-corrected chi connectivity index (χ4v) is 3.69. The summed E-state index contributed by atoms with van der Waals surface area (Å²) >= 11 is 13.7. The van der Waals surface area contributed by atoms with E-state index in [1.807, 2.05) is 31.3 Å². The lowest BCUT2D eigenvalue weighted by atomic mass is 10.2. The summed E-state index contributed by atoms with van der Waals surface area (Å²) in [6.45, 7) is 2.16. The molecule has 1 heterocycles. The highest BCUT2D eigenvalue weighted by molar-refractivity contribution is 7.99. The number of thioether (sulfide) groups is 1. The molecule has 0 aliphatic rings. The van der Waals surface area contributed by atoms with Crippen LogP contribution in [0.3, 0.4) is 0 Å². The van der Waals surface area contributed by atoms with Gasteiger partial charge in [0.15, 0.2) is 0 Å². The third kappa shape index (κ3) is 6.38. The zero-order valence-electron chi connectivity index (χ0n) is 15.4. The summed E-state index contributed by atoms with van der Waals surface area (Å²) in [5.41, 5.74) is 2.12. The van der Waals surface area contributed by atoms with Crippen LogP contribution in [0.4, 0.5) is 0 Å². The molecule has 0 aliphatic heterocycles. The number of nitrogens with zero attached hydrogens (tertiary/aromatic N) is 4. The van der Waals surface area contributed by atoms with E-state index in [0.717, 1.165) is 41.7 Å². The normalized spacial score (nSPS) is 11.0. The van der Waals surface area contributed by atoms with Crippen LogP contribution in [0, 0.1) is 0 Å². The van der Waals surface area contributed by atoms with Crippen molar-refractivity contribution < 1.29 is 4.74 Å². The van der Waals surface area contributed by atoms with Crippen LogP contribution in [-0.2, 0) is 20.2 Å². The van der Waals surface area contributed by atoms with Gasteiger partial charge >= 0.3 is 0 Å². The summed E-state index contributed by atoms with van der Waals surface area (Å²) in [5.74, 6) is 1.78. The van der Waals surface area contributed by atoms with Gasteiger partial charge < -0.3 is 10.1 Å². The number of nitrogens with one attached hydrogen (secondary N) is 1. The van der Waals surface area contributed by atoms with E-state index in [0.29, 0.717) is 16.7 Å². The summed E-state index contributed by atoms with van der Waals surface area (Å²) in [6.07, 6.45) is 1.04. The summed E-state index contributed by atoms with van der Waals surface area (Å²) in [4.78, 5) is 0. The summed E-state index contributed by atoms with van der Waals surface area (Å²) in [6, 6.07) is 13.5. The lowest BCUT2D eigenvalue weighted by Gasteiger charge is -2.09. The Labute approximate surface area is 178 Å². The molecular weight excluding hydrogens is 417 g/mol. The number of aryl methyl sites for hydroxylation is 1. The van der Waals surface area contributed by atoms with Crippen LogP contribution >= 0.6 is 35.0 Å². The van der Waals surface area contributed by atoms with Gasteiger partial charge in [-0.15, -0.1) is 5.10 Å². The molecule has 0 fully saturated rings. The van der Waals surface area contributed by atoms with Crippen LogP contribution in [0.5, 0.6) is 5.75 Å². The standard InChI is InChI=1S/C19H21Cl2N5OS/c1-26-19(23-24-25-26)28-10-2-9-22-12-14-3-7-17(8-4-14)27-13-15-5-6-16(20)11-18(15)21/h3-8,11,22H,2,9-10,12-13H2,1H3. The highest BCUT2D eigenvalue weighted by Crippen LogP contribution is 2.23. The molecule has 0 saturated carbocycles. The molecule has 1 aromatic heterocycles. The minimum Gasteiger partial charge on any atom is -0.489 e. The largest absolute Gasteiger partial charge is 0.489 e. The van der Waals surface area contributed by atoms with E-state index in [9.17, 15) is 0 Å². The predicted molar refractivity (Wildman–Crippen MR) is 113 cm³/mol. The van der Waals surface area contributed by atoms with Crippen molar-refractivity contribution in [3.8, 4) is 5.75 Å². The maximum atomic E-state index is 6.17. The molecule has 148 valence electrons. The smallest absolute Gasteiger partial charge is 0.209 e. The molecule has 2 aromatic carbocycles. The van der Waals surface area contributed by atoms with E-state index in [-0.39, 0.29) is 0 Å². The van der Waals surface area contributed by atoms with Gasteiger partial charge in [-0.1, -0.05) is 53.2 Å². The first-order chi connectivity index (χ1) is 13.6.